The first kappa shape index (κ1) is 15.0. The molecule has 0 aromatic heterocycles. The van der Waals surface area contributed by atoms with E-state index in [1.807, 2.05) is 37.3 Å². The van der Waals surface area contributed by atoms with Crippen molar-refractivity contribution in [2.24, 2.45) is 0 Å². The number of hydrogen-bond acceptors (Lipinski definition) is 3. The van der Waals surface area contributed by atoms with E-state index in [-0.39, 0.29) is 23.9 Å². The molecule has 1 rings (SSSR count). The molecule has 0 heterocycles. The van der Waals surface area contributed by atoms with Crippen molar-refractivity contribution in [1.29, 1.82) is 0 Å². The smallest absolute Gasteiger partial charge is 0.310 e. The van der Waals surface area contributed by atoms with Crippen LogP contribution in [-0.2, 0) is 14.3 Å². The molecular formula is C15H19NO3. The lowest BCUT2D eigenvalue weighted by atomic mass is 10.1. The summed E-state index contributed by atoms with van der Waals surface area (Å²) in [7, 11) is 0. The zero-order chi connectivity index (χ0) is 14.3. The first-order valence-corrected chi connectivity index (χ1v) is 6.23. The number of carbonyl (C=O) groups is 2. The minimum Gasteiger partial charge on any atom is -0.466 e. The third-order valence-corrected chi connectivity index (χ3v) is 2.63. The van der Waals surface area contributed by atoms with Crippen molar-refractivity contribution in [2.45, 2.75) is 26.3 Å². The van der Waals surface area contributed by atoms with Crippen molar-refractivity contribution in [2.75, 3.05) is 6.61 Å². The number of nitrogens with one attached hydrogen (secondary N) is 1. The van der Waals surface area contributed by atoms with Gasteiger partial charge in [0, 0.05) is 5.57 Å². The van der Waals surface area contributed by atoms with Crippen LogP contribution in [0.4, 0.5) is 0 Å². The van der Waals surface area contributed by atoms with Gasteiger partial charge in [0.1, 0.15) is 0 Å². The third kappa shape index (κ3) is 4.95. The molecule has 1 atom stereocenters. The highest BCUT2D eigenvalue weighted by Gasteiger charge is 2.15. The summed E-state index contributed by atoms with van der Waals surface area (Å²) < 4.78 is 4.77. The summed E-state index contributed by atoms with van der Waals surface area (Å²) in [5.41, 5.74) is 1.21. The molecule has 19 heavy (non-hydrogen) atoms. The van der Waals surface area contributed by atoms with E-state index in [1.165, 1.54) is 0 Å². The fourth-order valence-corrected chi connectivity index (χ4v) is 1.59. The fourth-order valence-electron chi connectivity index (χ4n) is 1.59. The molecule has 0 aliphatic heterocycles. The largest absolute Gasteiger partial charge is 0.466 e. The Morgan fingerprint density at radius 3 is 2.53 bits per heavy atom. The van der Waals surface area contributed by atoms with Crippen LogP contribution in [0, 0.1) is 0 Å². The number of ether oxygens (including phenoxy) is 1. The van der Waals surface area contributed by atoms with Crippen molar-refractivity contribution in [1.82, 2.24) is 5.32 Å². The van der Waals surface area contributed by atoms with E-state index in [0.29, 0.717) is 6.61 Å². The van der Waals surface area contributed by atoms with Gasteiger partial charge in [-0.15, -0.1) is 0 Å². The summed E-state index contributed by atoms with van der Waals surface area (Å²) in [6.07, 6.45) is -0.0822. The van der Waals surface area contributed by atoms with E-state index in [2.05, 4.69) is 11.9 Å². The van der Waals surface area contributed by atoms with Crippen LogP contribution < -0.4 is 5.32 Å². The van der Waals surface area contributed by atoms with Crippen molar-refractivity contribution in [3.8, 4) is 0 Å². The Hall–Kier alpha value is -2.10. The highest BCUT2D eigenvalue weighted by molar-refractivity contribution is 5.97. The lowest BCUT2D eigenvalue weighted by molar-refractivity contribution is -0.142. The topological polar surface area (TPSA) is 55.4 Å². The normalized spacial score (nSPS) is 11.5. The third-order valence-electron chi connectivity index (χ3n) is 2.63. The van der Waals surface area contributed by atoms with E-state index >= 15 is 0 Å². The highest BCUT2D eigenvalue weighted by Crippen LogP contribution is 2.12. The van der Waals surface area contributed by atoms with Crippen LogP contribution in [-0.4, -0.2) is 18.5 Å². The van der Waals surface area contributed by atoms with Crippen LogP contribution in [0.2, 0.25) is 0 Å². The molecule has 0 radical (unpaired) electrons. The molecule has 0 aliphatic carbocycles. The predicted octanol–water partition coefficient (Wildman–Crippen LogP) is 2.37. The van der Waals surface area contributed by atoms with Crippen LogP contribution >= 0.6 is 0 Å². The quantitative estimate of drug-likeness (QED) is 0.632. The van der Waals surface area contributed by atoms with Gasteiger partial charge in [0.25, 0.3) is 0 Å². The summed E-state index contributed by atoms with van der Waals surface area (Å²) in [6, 6.07) is 9.46. The second kappa shape index (κ2) is 7.36. The van der Waals surface area contributed by atoms with Gasteiger partial charge in [0.05, 0.1) is 19.1 Å². The molecule has 0 saturated carbocycles. The molecule has 1 amide bonds. The van der Waals surface area contributed by atoms with Crippen LogP contribution in [0.25, 0.3) is 0 Å². The monoisotopic (exact) mass is 261 g/mol. The SMILES string of the molecule is C=C(CC(=O)OCC)C(=O)NC(C)c1ccccc1. The second-order valence-corrected chi connectivity index (χ2v) is 4.19. The van der Waals surface area contributed by atoms with Crippen LogP contribution in [0.15, 0.2) is 42.5 Å². The van der Waals surface area contributed by atoms with Gasteiger partial charge in [-0.3, -0.25) is 9.59 Å². The standard InChI is InChI=1S/C15H19NO3/c1-4-19-14(17)10-11(2)15(18)16-12(3)13-8-6-5-7-9-13/h5-9,12H,2,4,10H2,1,3H3,(H,16,18). The predicted molar refractivity (Wildman–Crippen MR) is 73.4 cm³/mol. The number of rotatable bonds is 6. The Bertz CT molecular complexity index is 454. The number of amides is 1. The summed E-state index contributed by atoms with van der Waals surface area (Å²) >= 11 is 0. The molecule has 0 spiro atoms. The Labute approximate surface area is 113 Å². The molecule has 0 aliphatic rings. The van der Waals surface area contributed by atoms with Gasteiger partial charge in [-0.25, -0.2) is 0 Å². The lowest BCUT2D eigenvalue weighted by Crippen LogP contribution is -2.28. The average Bonchev–Trinajstić information content (AvgIpc) is 2.39. The van der Waals surface area contributed by atoms with Gasteiger partial charge in [-0.05, 0) is 19.4 Å². The summed E-state index contributed by atoms with van der Waals surface area (Å²) in [6.45, 7) is 7.51. The van der Waals surface area contributed by atoms with Crippen molar-refractivity contribution >= 4 is 11.9 Å². The molecule has 4 heteroatoms. The number of hydrogen-bond donors (Lipinski definition) is 1. The van der Waals surface area contributed by atoms with Gasteiger partial charge >= 0.3 is 5.97 Å². The van der Waals surface area contributed by atoms with E-state index in [9.17, 15) is 9.59 Å². The van der Waals surface area contributed by atoms with Crippen molar-refractivity contribution < 1.29 is 14.3 Å². The maximum absolute atomic E-state index is 11.8. The Kier molecular flexibility index (Phi) is 5.79. The van der Waals surface area contributed by atoms with Crippen LogP contribution in [0.5, 0.6) is 0 Å². The average molecular weight is 261 g/mol. The lowest BCUT2D eigenvalue weighted by Gasteiger charge is -2.15. The molecule has 0 saturated heterocycles. The van der Waals surface area contributed by atoms with Gasteiger partial charge < -0.3 is 10.1 Å². The minimum atomic E-state index is -0.435. The van der Waals surface area contributed by atoms with E-state index in [0.717, 1.165) is 5.56 Å². The minimum absolute atomic E-state index is 0.0822. The fraction of sp³-hybridized carbons (Fsp3) is 0.333. The highest BCUT2D eigenvalue weighted by atomic mass is 16.5. The first-order chi connectivity index (χ1) is 9.04. The van der Waals surface area contributed by atoms with Gasteiger partial charge in [-0.2, -0.15) is 0 Å². The number of esters is 1. The molecular weight excluding hydrogens is 242 g/mol. The molecule has 0 bridgehead atoms. The zero-order valence-electron chi connectivity index (χ0n) is 11.3. The van der Waals surface area contributed by atoms with Crippen LogP contribution in [0.3, 0.4) is 0 Å². The first-order valence-electron chi connectivity index (χ1n) is 6.23. The van der Waals surface area contributed by atoms with Gasteiger partial charge in [0.15, 0.2) is 0 Å². The molecule has 1 aromatic carbocycles. The summed E-state index contributed by atoms with van der Waals surface area (Å²) in [5.74, 6) is -0.764. The molecule has 1 N–H and O–H groups in total. The van der Waals surface area contributed by atoms with E-state index < -0.39 is 5.97 Å². The molecule has 102 valence electrons. The maximum atomic E-state index is 11.8. The van der Waals surface area contributed by atoms with Gasteiger partial charge in [-0.1, -0.05) is 36.9 Å². The van der Waals surface area contributed by atoms with E-state index in [1.54, 1.807) is 6.92 Å². The van der Waals surface area contributed by atoms with Crippen molar-refractivity contribution in [3.05, 3.63) is 48.0 Å². The Morgan fingerprint density at radius 2 is 1.95 bits per heavy atom. The summed E-state index contributed by atoms with van der Waals surface area (Å²) in [4.78, 5) is 23.1. The van der Waals surface area contributed by atoms with E-state index in [4.69, 9.17) is 4.74 Å². The molecule has 0 fully saturated rings. The van der Waals surface area contributed by atoms with Crippen molar-refractivity contribution in [3.63, 3.8) is 0 Å². The van der Waals surface area contributed by atoms with Gasteiger partial charge in [0.2, 0.25) is 5.91 Å². The molecule has 1 aromatic rings. The molecule has 1 unspecified atom stereocenters. The zero-order valence-corrected chi connectivity index (χ0v) is 11.3. The Morgan fingerprint density at radius 1 is 1.32 bits per heavy atom. The number of benzene rings is 1. The Balaban J connectivity index is 2.50. The molecule has 4 nitrogen and oxygen atoms in total. The second-order valence-electron chi connectivity index (χ2n) is 4.19. The maximum Gasteiger partial charge on any atom is 0.310 e. The number of carbonyl (C=O) groups excluding carboxylic acids is 2. The van der Waals surface area contributed by atoms with Crippen LogP contribution in [0.1, 0.15) is 31.9 Å². The summed E-state index contributed by atoms with van der Waals surface area (Å²) in [5, 5.41) is 2.80.